The third-order valence-corrected chi connectivity index (χ3v) is 4.72. The van der Waals surface area contributed by atoms with Crippen molar-refractivity contribution in [3.8, 4) is 0 Å². The Bertz CT molecular complexity index is 450. The lowest BCUT2D eigenvalue weighted by molar-refractivity contribution is 0.390. The van der Waals surface area contributed by atoms with Crippen LogP contribution in [0.1, 0.15) is 23.4 Å². The van der Waals surface area contributed by atoms with Crippen LogP contribution in [0, 0.1) is 13.8 Å². The first-order chi connectivity index (χ1) is 7.88. The maximum Gasteiger partial charge on any atom is 0.214 e. The van der Waals surface area contributed by atoms with Gasteiger partial charge < -0.3 is 4.52 Å². The van der Waals surface area contributed by atoms with Crippen molar-refractivity contribution in [2.24, 2.45) is 0 Å². The van der Waals surface area contributed by atoms with Crippen molar-refractivity contribution in [1.29, 1.82) is 0 Å². The second kappa shape index (κ2) is 5.84. The van der Waals surface area contributed by atoms with Crippen LogP contribution in [0.2, 0.25) is 0 Å². The lowest BCUT2D eigenvalue weighted by Gasteiger charge is -2.16. The SMILES string of the molecule is Cc1noc(C)c1CN(C)S(=O)(=O)CCCCl. The zero-order chi connectivity index (χ0) is 13.1. The van der Waals surface area contributed by atoms with Crippen molar-refractivity contribution in [2.75, 3.05) is 18.7 Å². The molecule has 0 aliphatic heterocycles. The summed E-state index contributed by atoms with van der Waals surface area (Å²) in [5.41, 5.74) is 1.55. The van der Waals surface area contributed by atoms with E-state index in [1.54, 1.807) is 20.9 Å². The van der Waals surface area contributed by atoms with Crippen LogP contribution in [-0.4, -0.2) is 36.6 Å². The third-order valence-electron chi connectivity index (χ3n) is 2.57. The highest BCUT2D eigenvalue weighted by molar-refractivity contribution is 7.89. The van der Waals surface area contributed by atoms with E-state index in [1.165, 1.54) is 4.31 Å². The Labute approximate surface area is 107 Å². The van der Waals surface area contributed by atoms with Crippen LogP contribution in [0.25, 0.3) is 0 Å². The van der Waals surface area contributed by atoms with Crippen LogP contribution >= 0.6 is 11.6 Å². The molecule has 0 aromatic carbocycles. The molecule has 1 aromatic heterocycles. The van der Waals surface area contributed by atoms with Crippen LogP contribution in [0.4, 0.5) is 0 Å². The monoisotopic (exact) mass is 280 g/mol. The molecule has 1 heterocycles. The molecule has 0 bridgehead atoms. The van der Waals surface area contributed by atoms with Gasteiger partial charge in [0.05, 0.1) is 11.4 Å². The molecule has 7 heteroatoms. The standard InChI is InChI=1S/C10H17ClN2O3S/c1-8-10(9(2)16-12-8)7-13(3)17(14,15)6-4-5-11/h4-7H2,1-3H3. The fourth-order valence-electron chi connectivity index (χ4n) is 1.44. The van der Waals surface area contributed by atoms with Crippen LogP contribution in [0.5, 0.6) is 0 Å². The molecular weight excluding hydrogens is 264 g/mol. The summed E-state index contributed by atoms with van der Waals surface area (Å²) in [5, 5.41) is 3.80. The quantitative estimate of drug-likeness (QED) is 0.744. The number of aromatic nitrogens is 1. The predicted molar refractivity (Wildman–Crippen MR) is 66.6 cm³/mol. The van der Waals surface area contributed by atoms with E-state index in [0.29, 0.717) is 18.1 Å². The zero-order valence-electron chi connectivity index (χ0n) is 10.2. The van der Waals surface area contributed by atoms with E-state index in [4.69, 9.17) is 16.1 Å². The summed E-state index contributed by atoms with van der Waals surface area (Å²) in [6.07, 6.45) is 0.454. The molecule has 0 saturated heterocycles. The van der Waals surface area contributed by atoms with Gasteiger partial charge in [-0.3, -0.25) is 0 Å². The van der Waals surface area contributed by atoms with Crippen molar-refractivity contribution >= 4 is 21.6 Å². The Hall–Kier alpha value is -0.590. The molecule has 0 N–H and O–H groups in total. The molecule has 1 rings (SSSR count). The Morgan fingerprint density at radius 3 is 2.53 bits per heavy atom. The van der Waals surface area contributed by atoms with Gasteiger partial charge in [0.1, 0.15) is 5.76 Å². The molecule has 0 aliphatic carbocycles. The lowest BCUT2D eigenvalue weighted by atomic mass is 10.2. The van der Waals surface area contributed by atoms with E-state index < -0.39 is 10.0 Å². The van der Waals surface area contributed by atoms with Gasteiger partial charge in [0.25, 0.3) is 0 Å². The van der Waals surface area contributed by atoms with Crippen molar-refractivity contribution in [3.05, 3.63) is 17.0 Å². The fraction of sp³-hybridized carbons (Fsp3) is 0.700. The van der Waals surface area contributed by atoms with Gasteiger partial charge in [0.2, 0.25) is 10.0 Å². The van der Waals surface area contributed by atoms with Crippen molar-refractivity contribution in [2.45, 2.75) is 26.8 Å². The minimum atomic E-state index is -3.25. The number of rotatable bonds is 6. The van der Waals surface area contributed by atoms with E-state index >= 15 is 0 Å². The van der Waals surface area contributed by atoms with Gasteiger partial charge in [-0.15, -0.1) is 11.6 Å². The van der Waals surface area contributed by atoms with Gasteiger partial charge in [-0.2, -0.15) is 0 Å². The Morgan fingerprint density at radius 2 is 2.06 bits per heavy atom. The maximum atomic E-state index is 11.9. The number of alkyl halides is 1. The van der Waals surface area contributed by atoms with E-state index in [9.17, 15) is 8.42 Å². The molecule has 0 radical (unpaired) electrons. The number of aryl methyl sites for hydroxylation is 2. The molecule has 0 spiro atoms. The summed E-state index contributed by atoms with van der Waals surface area (Å²) in [7, 11) is -1.70. The number of hydrogen-bond donors (Lipinski definition) is 0. The van der Waals surface area contributed by atoms with Gasteiger partial charge >= 0.3 is 0 Å². The predicted octanol–water partition coefficient (Wildman–Crippen LogP) is 1.68. The van der Waals surface area contributed by atoms with Crippen molar-refractivity contribution in [1.82, 2.24) is 9.46 Å². The highest BCUT2D eigenvalue weighted by Gasteiger charge is 2.20. The van der Waals surface area contributed by atoms with Gasteiger partial charge in [0, 0.05) is 25.0 Å². The third kappa shape index (κ3) is 3.69. The summed E-state index contributed by atoms with van der Waals surface area (Å²) in [4.78, 5) is 0. The topological polar surface area (TPSA) is 63.4 Å². The highest BCUT2D eigenvalue weighted by Crippen LogP contribution is 2.16. The maximum absolute atomic E-state index is 11.9. The van der Waals surface area contributed by atoms with Crippen LogP contribution in [-0.2, 0) is 16.6 Å². The second-order valence-electron chi connectivity index (χ2n) is 3.92. The smallest absolute Gasteiger partial charge is 0.214 e. The Balaban J connectivity index is 2.76. The minimum Gasteiger partial charge on any atom is -0.361 e. The van der Waals surface area contributed by atoms with Crippen LogP contribution in [0.15, 0.2) is 4.52 Å². The lowest BCUT2D eigenvalue weighted by Crippen LogP contribution is -2.29. The Kier molecular flexibility index (Phi) is 4.97. The number of hydrogen-bond acceptors (Lipinski definition) is 4. The van der Waals surface area contributed by atoms with E-state index in [2.05, 4.69) is 5.16 Å². The molecular formula is C10H17ClN2O3S. The van der Waals surface area contributed by atoms with E-state index in [0.717, 1.165) is 11.3 Å². The van der Waals surface area contributed by atoms with Gasteiger partial charge in [0.15, 0.2) is 0 Å². The highest BCUT2D eigenvalue weighted by atomic mass is 35.5. The summed E-state index contributed by atoms with van der Waals surface area (Å²) < 4.78 is 30.0. The average molecular weight is 281 g/mol. The van der Waals surface area contributed by atoms with Gasteiger partial charge in [-0.25, -0.2) is 12.7 Å². The number of sulfonamides is 1. The second-order valence-corrected chi connectivity index (χ2v) is 6.49. The van der Waals surface area contributed by atoms with E-state index in [-0.39, 0.29) is 12.3 Å². The molecule has 0 fully saturated rings. The summed E-state index contributed by atoms with van der Waals surface area (Å²) in [6, 6.07) is 0. The molecule has 0 amide bonds. The fourth-order valence-corrected chi connectivity index (χ4v) is 2.88. The average Bonchev–Trinajstić information content (AvgIpc) is 2.58. The largest absolute Gasteiger partial charge is 0.361 e. The molecule has 0 unspecified atom stereocenters. The normalized spacial score (nSPS) is 12.3. The molecule has 17 heavy (non-hydrogen) atoms. The number of nitrogens with zero attached hydrogens (tertiary/aromatic N) is 2. The van der Waals surface area contributed by atoms with Crippen LogP contribution in [0.3, 0.4) is 0 Å². The summed E-state index contributed by atoms with van der Waals surface area (Å²) in [5.74, 6) is 1.07. The first-order valence-electron chi connectivity index (χ1n) is 5.30. The summed E-state index contributed by atoms with van der Waals surface area (Å²) in [6.45, 7) is 3.85. The van der Waals surface area contributed by atoms with Gasteiger partial charge in [-0.05, 0) is 20.3 Å². The molecule has 0 saturated carbocycles. The summed E-state index contributed by atoms with van der Waals surface area (Å²) >= 11 is 5.50. The van der Waals surface area contributed by atoms with Crippen molar-refractivity contribution in [3.63, 3.8) is 0 Å². The van der Waals surface area contributed by atoms with Crippen LogP contribution < -0.4 is 0 Å². The molecule has 1 aromatic rings. The van der Waals surface area contributed by atoms with Gasteiger partial charge in [-0.1, -0.05) is 5.16 Å². The Morgan fingerprint density at radius 1 is 1.41 bits per heavy atom. The molecule has 0 atom stereocenters. The van der Waals surface area contributed by atoms with E-state index in [1.807, 2.05) is 0 Å². The molecule has 0 aliphatic rings. The first kappa shape index (κ1) is 14.5. The van der Waals surface area contributed by atoms with Crippen molar-refractivity contribution < 1.29 is 12.9 Å². The molecule has 5 nitrogen and oxygen atoms in total. The molecule has 98 valence electrons. The first-order valence-corrected chi connectivity index (χ1v) is 7.44. The zero-order valence-corrected chi connectivity index (χ0v) is 11.8. The number of halogens is 1. The minimum absolute atomic E-state index is 0.0658.